The highest BCUT2D eigenvalue weighted by Crippen LogP contribution is 2.35. The van der Waals surface area contributed by atoms with Gasteiger partial charge in [-0.1, -0.05) is 13.0 Å². The molecule has 3 nitrogen and oxygen atoms in total. The Balaban J connectivity index is 2.11. The minimum absolute atomic E-state index is 0.104. The minimum Gasteiger partial charge on any atom is -0.440 e. The third kappa shape index (κ3) is 1.65. The predicted molar refractivity (Wildman–Crippen MR) is 68.2 cm³/mol. The molecule has 0 amide bonds. The Hall–Kier alpha value is -1.35. The van der Waals surface area contributed by atoms with Gasteiger partial charge in [0, 0.05) is 6.54 Å². The maximum atomic E-state index is 5.98. The molecular weight excluding hydrogens is 212 g/mol. The number of hydrogen-bond donors (Lipinski definition) is 1. The Kier molecular flexibility index (Phi) is 2.44. The summed E-state index contributed by atoms with van der Waals surface area (Å²) < 4.78 is 5.98. The van der Waals surface area contributed by atoms with Gasteiger partial charge in [0.25, 0.3) is 0 Å². The van der Waals surface area contributed by atoms with Crippen LogP contribution in [0.1, 0.15) is 31.2 Å². The van der Waals surface area contributed by atoms with Crippen molar-refractivity contribution in [1.82, 2.24) is 10.3 Å². The van der Waals surface area contributed by atoms with E-state index in [-0.39, 0.29) is 5.41 Å². The van der Waals surface area contributed by atoms with Gasteiger partial charge in [0.1, 0.15) is 5.52 Å². The molecular formula is C14H18N2O. The maximum Gasteiger partial charge on any atom is 0.203 e. The molecule has 90 valence electrons. The fraction of sp³-hybridized carbons (Fsp3) is 0.500. The molecule has 1 aliphatic rings. The Labute approximate surface area is 101 Å². The minimum atomic E-state index is 0.104. The molecule has 1 atom stereocenters. The standard InChI is InChI=1S/C14H18N2O/c1-3-14(6-7-15-9-14)13-16-11-5-4-10(2)8-12(11)17-13/h4-5,8,15H,3,6-7,9H2,1-2H3. The smallest absolute Gasteiger partial charge is 0.203 e. The molecule has 1 aromatic heterocycles. The molecule has 1 fully saturated rings. The number of aryl methyl sites for hydroxylation is 1. The van der Waals surface area contributed by atoms with Crippen LogP contribution < -0.4 is 5.32 Å². The van der Waals surface area contributed by atoms with Gasteiger partial charge in [0.05, 0.1) is 5.41 Å². The molecule has 0 spiro atoms. The monoisotopic (exact) mass is 230 g/mol. The number of nitrogens with one attached hydrogen (secondary N) is 1. The largest absolute Gasteiger partial charge is 0.440 e. The zero-order chi connectivity index (χ0) is 11.9. The van der Waals surface area contributed by atoms with Crippen molar-refractivity contribution in [3.63, 3.8) is 0 Å². The summed E-state index contributed by atoms with van der Waals surface area (Å²) in [6.07, 6.45) is 2.20. The van der Waals surface area contributed by atoms with E-state index in [4.69, 9.17) is 4.42 Å². The molecule has 0 saturated carbocycles. The molecule has 1 saturated heterocycles. The van der Waals surface area contributed by atoms with Crippen molar-refractivity contribution < 1.29 is 4.42 Å². The molecule has 1 unspecified atom stereocenters. The summed E-state index contributed by atoms with van der Waals surface area (Å²) in [5.74, 6) is 0.908. The van der Waals surface area contributed by atoms with Crippen LogP contribution in [-0.2, 0) is 5.41 Å². The zero-order valence-corrected chi connectivity index (χ0v) is 10.4. The van der Waals surface area contributed by atoms with Crippen molar-refractivity contribution in [1.29, 1.82) is 0 Å². The molecule has 17 heavy (non-hydrogen) atoms. The Morgan fingerprint density at radius 1 is 1.47 bits per heavy atom. The summed E-state index contributed by atoms with van der Waals surface area (Å²) >= 11 is 0. The van der Waals surface area contributed by atoms with Crippen LogP contribution >= 0.6 is 0 Å². The molecule has 1 aliphatic heterocycles. The van der Waals surface area contributed by atoms with Crippen molar-refractivity contribution in [2.75, 3.05) is 13.1 Å². The first-order chi connectivity index (χ1) is 8.23. The Bertz CT molecular complexity index is 538. The number of nitrogens with zero attached hydrogens (tertiary/aromatic N) is 1. The topological polar surface area (TPSA) is 38.1 Å². The molecule has 3 heteroatoms. The predicted octanol–water partition coefficient (Wildman–Crippen LogP) is 2.78. The van der Waals surface area contributed by atoms with E-state index >= 15 is 0 Å². The fourth-order valence-electron chi connectivity index (χ4n) is 2.64. The van der Waals surface area contributed by atoms with E-state index < -0.39 is 0 Å². The summed E-state index contributed by atoms with van der Waals surface area (Å²) in [5, 5.41) is 3.42. The molecule has 1 aromatic carbocycles. The highest BCUT2D eigenvalue weighted by atomic mass is 16.3. The fourth-order valence-corrected chi connectivity index (χ4v) is 2.64. The zero-order valence-electron chi connectivity index (χ0n) is 10.4. The normalized spacial score (nSPS) is 24.6. The number of oxazole rings is 1. The van der Waals surface area contributed by atoms with E-state index in [9.17, 15) is 0 Å². The van der Waals surface area contributed by atoms with Gasteiger partial charge in [0.15, 0.2) is 5.58 Å². The second-order valence-corrected chi connectivity index (χ2v) is 5.05. The van der Waals surface area contributed by atoms with Gasteiger partial charge < -0.3 is 9.73 Å². The Morgan fingerprint density at radius 2 is 2.35 bits per heavy atom. The van der Waals surface area contributed by atoms with Crippen molar-refractivity contribution in [2.45, 2.75) is 32.1 Å². The summed E-state index contributed by atoms with van der Waals surface area (Å²) in [4.78, 5) is 4.67. The molecule has 0 radical (unpaired) electrons. The van der Waals surface area contributed by atoms with Gasteiger partial charge in [-0.2, -0.15) is 0 Å². The van der Waals surface area contributed by atoms with Gasteiger partial charge in [-0.25, -0.2) is 4.98 Å². The van der Waals surface area contributed by atoms with Crippen LogP contribution in [-0.4, -0.2) is 18.1 Å². The van der Waals surface area contributed by atoms with Gasteiger partial charge in [-0.05, 0) is 44.0 Å². The first kappa shape index (κ1) is 10.8. The number of hydrogen-bond acceptors (Lipinski definition) is 3. The van der Waals surface area contributed by atoms with Crippen LogP contribution in [0.15, 0.2) is 22.6 Å². The van der Waals surface area contributed by atoms with Gasteiger partial charge in [-0.15, -0.1) is 0 Å². The highest BCUT2D eigenvalue weighted by molar-refractivity contribution is 5.73. The summed E-state index contributed by atoms with van der Waals surface area (Å²) in [6.45, 7) is 6.34. The highest BCUT2D eigenvalue weighted by Gasteiger charge is 2.38. The maximum absolute atomic E-state index is 5.98. The van der Waals surface area contributed by atoms with E-state index in [1.807, 2.05) is 6.07 Å². The summed E-state index contributed by atoms with van der Waals surface area (Å²) in [6, 6.07) is 6.20. The van der Waals surface area contributed by atoms with Crippen LogP contribution in [0.5, 0.6) is 0 Å². The molecule has 0 aliphatic carbocycles. The van der Waals surface area contributed by atoms with Crippen LogP contribution in [0.3, 0.4) is 0 Å². The molecule has 1 N–H and O–H groups in total. The van der Waals surface area contributed by atoms with Crippen LogP contribution in [0.2, 0.25) is 0 Å². The van der Waals surface area contributed by atoms with Crippen molar-refractivity contribution in [2.24, 2.45) is 0 Å². The molecule has 2 aromatic rings. The van der Waals surface area contributed by atoms with Gasteiger partial charge in [0.2, 0.25) is 5.89 Å². The van der Waals surface area contributed by atoms with Crippen LogP contribution in [0.25, 0.3) is 11.1 Å². The van der Waals surface area contributed by atoms with E-state index in [2.05, 4.69) is 36.3 Å². The number of fused-ring (bicyclic) bond motifs is 1. The van der Waals surface area contributed by atoms with Crippen molar-refractivity contribution in [3.8, 4) is 0 Å². The first-order valence-corrected chi connectivity index (χ1v) is 6.32. The second-order valence-electron chi connectivity index (χ2n) is 5.05. The SMILES string of the molecule is CCC1(c2nc3ccc(C)cc3o2)CCNC1. The van der Waals surface area contributed by atoms with Crippen molar-refractivity contribution in [3.05, 3.63) is 29.7 Å². The van der Waals surface area contributed by atoms with E-state index in [0.717, 1.165) is 42.9 Å². The molecule has 2 heterocycles. The third-order valence-electron chi connectivity index (χ3n) is 3.92. The molecule has 0 bridgehead atoms. The quantitative estimate of drug-likeness (QED) is 0.862. The average molecular weight is 230 g/mol. The van der Waals surface area contributed by atoms with Gasteiger partial charge in [-0.3, -0.25) is 0 Å². The molecule has 3 rings (SSSR count). The van der Waals surface area contributed by atoms with Crippen LogP contribution in [0, 0.1) is 6.92 Å². The van der Waals surface area contributed by atoms with E-state index in [0.29, 0.717) is 0 Å². The van der Waals surface area contributed by atoms with Crippen LogP contribution in [0.4, 0.5) is 0 Å². The lowest BCUT2D eigenvalue weighted by atomic mass is 9.84. The lowest BCUT2D eigenvalue weighted by Gasteiger charge is -2.21. The first-order valence-electron chi connectivity index (χ1n) is 6.32. The average Bonchev–Trinajstić information content (AvgIpc) is 2.94. The number of aromatic nitrogens is 1. The summed E-state index contributed by atoms with van der Waals surface area (Å²) in [7, 11) is 0. The Morgan fingerprint density at radius 3 is 3.06 bits per heavy atom. The van der Waals surface area contributed by atoms with E-state index in [1.54, 1.807) is 0 Å². The summed E-state index contributed by atoms with van der Waals surface area (Å²) in [5.41, 5.74) is 3.22. The number of benzene rings is 1. The lowest BCUT2D eigenvalue weighted by molar-refractivity contribution is 0.344. The van der Waals surface area contributed by atoms with E-state index in [1.165, 1.54) is 5.56 Å². The lowest BCUT2D eigenvalue weighted by Crippen LogP contribution is -2.28. The van der Waals surface area contributed by atoms with Gasteiger partial charge >= 0.3 is 0 Å². The number of rotatable bonds is 2. The van der Waals surface area contributed by atoms with Crippen molar-refractivity contribution >= 4 is 11.1 Å². The third-order valence-corrected chi connectivity index (χ3v) is 3.92. The second kappa shape index (κ2) is 3.84.